The van der Waals surface area contributed by atoms with Gasteiger partial charge < -0.3 is 5.32 Å². The molecule has 1 aromatic rings. The molecule has 0 spiro atoms. The fourth-order valence-electron chi connectivity index (χ4n) is 3.70. The maximum absolute atomic E-state index is 3.84. The van der Waals surface area contributed by atoms with Crippen molar-refractivity contribution in [2.75, 3.05) is 6.54 Å². The summed E-state index contributed by atoms with van der Waals surface area (Å²) in [6.07, 6.45) is 5.36. The Morgan fingerprint density at radius 3 is 2.63 bits per heavy atom. The van der Waals surface area contributed by atoms with E-state index in [1.807, 2.05) is 11.3 Å². The van der Waals surface area contributed by atoms with Gasteiger partial charge in [-0.1, -0.05) is 27.2 Å². The summed E-state index contributed by atoms with van der Waals surface area (Å²) in [5, 5.41) is 3.84. The van der Waals surface area contributed by atoms with Crippen molar-refractivity contribution < 1.29 is 0 Å². The molecular formula is C17H29NS. The predicted octanol–water partition coefficient (Wildman–Crippen LogP) is 5.23. The predicted molar refractivity (Wildman–Crippen MR) is 85.9 cm³/mol. The summed E-state index contributed by atoms with van der Waals surface area (Å²) in [5.74, 6) is 0.784. The number of rotatable bonds is 5. The van der Waals surface area contributed by atoms with Gasteiger partial charge in [-0.05, 0) is 62.6 Å². The van der Waals surface area contributed by atoms with E-state index in [4.69, 9.17) is 0 Å². The molecule has 2 atom stereocenters. The number of thiophene rings is 1. The Morgan fingerprint density at radius 2 is 2.16 bits per heavy atom. The minimum absolute atomic E-state index is 0.480. The minimum Gasteiger partial charge on any atom is -0.310 e. The Balaban J connectivity index is 2.28. The molecule has 0 aliphatic heterocycles. The van der Waals surface area contributed by atoms with Gasteiger partial charge in [0.05, 0.1) is 0 Å². The molecule has 1 aromatic heterocycles. The lowest BCUT2D eigenvalue weighted by Crippen LogP contribution is -2.34. The number of aryl methyl sites for hydroxylation is 2. The van der Waals surface area contributed by atoms with Crippen LogP contribution in [0, 0.1) is 25.2 Å². The molecule has 1 saturated carbocycles. The minimum atomic E-state index is 0.480. The third-order valence-corrected chi connectivity index (χ3v) is 5.75. The Morgan fingerprint density at radius 1 is 1.42 bits per heavy atom. The summed E-state index contributed by atoms with van der Waals surface area (Å²) in [7, 11) is 0. The van der Waals surface area contributed by atoms with E-state index in [1.54, 1.807) is 5.56 Å². The highest BCUT2D eigenvalue weighted by Gasteiger charge is 2.40. The van der Waals surface area contributed by atoms with E-state index in [1.165, 1.54) is 35.4 Å². The van der Waals surface area contributed by atoms with Gasteiger partial charge in [0.25, 0.3) is 0 Å². The summed E-state index contributed by atoms with van der Waals surface area (Å²) in [5.41, 5.74) is 2.05. The highest BCUT2D eigenvalue weighted by molar-refractivity contribution is 7.12. The second-order valence-electron chi connectivity index (χ2n) is 6.79. The molecule has 1 heterocycles. The third kappa shape index (κ3) is 3.22. The van der Waals surface area contributed by atoms with Crippen molar-refractivity contribution in [1.82, 2.24) is 5.32 Å². The maximum atomic E-state index is 3.84. The highest BCUT2D eigenvalue weighted by Crippen LogP contribution is 2.49. The molecule has 0 aromatic carbocycles. The fourth-order valence-corrected chi connectivity index (χ4v) is 4.67. The van der Waals surface area contributed by atoms with Crippen LogP contribution in [-0.2, 0) is 0 Å². The van der Waals surface area contributed by atoms with Crippen molar-refractivity contribution in [3.05, 3.63) is 21.4 Å². The molecule has 1 aliphatic rings. The summed E-state index contributed by atoms with van der Waals surface area (Å²) < 4.78 is 0. The first-order chi connectivity index (χ1) is 8.95. The van der Waals surface area contributed by atoms with Crippen LogP contribution in [0.2, 0.25) is 0 Å². The van der Waals surface area contributed by atoms with Gasteiger partial charge in [0.1, 0.15) is 0 Å². The van der Waals surface area contributed by atoms with Crippen molar-refractivity contribution in [3.8, 4) is 0 Å². The number of hydrogen-bond donors (Lipinski definition) is 1. The Bertz CT molecular complexity index is 419. The van der Waals surface area contributed by atoms with Gasteiger partial charge >= 0.3 is 0 Å². The van der Waals surface area contributed by atoms with Gasteiger partial charge in [0.15, 0.2) is 0 Å². The molecule has 19 heavy (non-hydrogen) atoms. The monoisotopic (exact) mass is 279 g/mol. The average Bonchev–Trinajstić information content (AvgIpc) is 2.83. The summed E-state index contributed by atoms with van der Waals surface area (Å²) in [6.45, 7) is 12.8. The van der Waals surface area contributed by atoms with Crippen LogP contribution in [0.15, 0.2) is 6.07 Å². The van der Waals surface area contributed by atoms with Crippen molar-refractivity contribution in [2.24, 2.45) is 11.3 Å². The molecular weight excluding hydrogens is 250 g/mol. The summed E-state index contributed by atoms with van der Waals surface area (Å²) in [6, 6.07) is 2.98. The van der Waals surface area contributed by atoms with E-state index in [2.05, 4.69) is 46.0 Å². The van der Waals surface area contributed by atoms with Crippen LogP contribution in [0.5, 0.6) is 0 Å². The van der Waals surface area contributed by atoms with Crippen LogP contribution < -0.4 is 5.32 Å². The largest absolute Gasteiger partial charge is 0.310 e. The van der Waals surface area contributed by atoms with Gasteiger partial charge in [-0.2, -0.15) is 0 Å². The van der Waals surface area contributed by atoms with Crippen LogP contribution in [0.25, 0.3) is 0 Å². The van der Waals surface area contributed by atoms with E-state index in [0.717, 1.165) is 12.5 Å². The fraction of sp³-hybridized carbons (Fsp3) is 0.765. The zero-order valence-corrected chi connectivity index (χ0v) is 14.0. The van der Waals surface area contributed by atoms with Crippen molar-refractivity contribution in [3.63, 3.8) is 0 Å². The van der Waals surface area contributed by atoms with E-state index >= 15 is 0 Å². The topological polar surface area (TPSA) is 12.0 Å². The lowest BCUT2D eigenvalue weighted by Gasteiger charge is -2.35. The maximum Gasteiger partial charge on any atom is 0.0364 e. The lowest BCUT2D eigenvalue weighted by molar-refractivity contribution is 0.197. The normalized spacial score (nSPS) is 23.7. The van der Waals surface area contributed by atoms with E-state index in [0.29, 0.717) is 11.5 Å². The molecule has 1 fully saturated rings. The number of hydrogen-bond acceptors (Lipinski definition) is 2. The van der Waals surface area contributed by atoms with Gasteiger partial charge in [-0.25, -0.2) is 0 Å². The Kier molecular flexibility index (Phi) is 4.73. The molecule has 0 saturated heterocycles. The van der Waals surface area contributed by atoms with Crippen molar-refractivity contribution in [1.29, 1.82) is 0 Å². The molecule has 0 radical (unpaired) electrons. The highest BCUT2D eigenvalue weighted by atomic mass is 32.1. The molecule has 2 heteroatoms. The zero-order chi connectivity index (χ0) is 14.0. The number of nitrogens with one attached hydrogen (secondary N) is 1. The lowest BCUT2D eigenvalue weighted by atomic mass is 9.75. The van der Waals surface area contributed by atoms with Gasteiger partial charge in [0.2, 0.25) is 0 Å². The van der Waals surface area contributed by atoms with Crippen LogP contribution in [0.4, 0.5) is 0 Å². The Labute approximate surface area is 122 Å². The summed E-state index contributed by atoms with van der Waals surface area (Å²) >= 11 is 1.95. The van der Waals surface area contributed by atoms with Crippen molar-refractivity contribution >= 4 is 11.3 Å². The second-order valence-corrected chi connectivity index (χ2v) is 8.25. The standard InChI is InChI=1S/C17H29NS/c1-6-10-18-16(14-11-12(2)19-13(14)3)15-8-7-9-17(15,4)5/h11,15-16,18H,6-10H2,1-5H3. The molecule has 1 N–H and O–H groups in total. The SMILES string of the molecule is CCCNC(c1cc(C)sc1C)C1CCCC1(C)C. The molecule has 2 rings (SSSR count). The van der Waals surface area contributed by atoms with Crippen molar-refractivity contribution in [2.45, 2.75) is 66.3 Å². The Hall–Kier alpha value is -0.340. The molecule has 2 unspecified atom stereocenters. The second kappa shape index (κ2) is 5.97. The zero-order valence-electron chi connectivity index (χ0n) is 13.2. The van der Waals surface area contributed by atoms with E-state index < -0.39 is 0 Å². The van der Waals surface area contributed by atoms with Gasteiger partial charge in [-0.3, -0.25) is 0 Å². The van der Waals surface area contributed by atoms with Crippen LogP contribution >= 0.6 is 11.3 Å². The van der Waals surface area contributed by atoms with E-state index in [9.17, 15) is 0 Å². The summed E-state index contributed by atoms with van der Waals surface area (Å²) in [4.78, 5) is 2.96. The molecule has 0 amide bonds. The van der Waals surface area contributed by atoms with Gasteiger partial charge in [0, 0.05) is 15.8 Å². The van der Waals surface area contributed by atoms with E-state index in [-0.39, 0.29) is 0 Å². The molecule has 108 valence electrons. The molecule has 1 aliphatic carbocycles. The quantitative estimate of drug-likeness (QED) is 0.778. The smallest absolute Gasteiger partial charge is 0.0364 e. The average molecular weight is 279 g/mol. The van der Waals surface area contributed by atoms with Crippen LogP contribution in [-0.4, -0.2) is 6.54 Å². The first kappa shape index (κ1) is 15.1. The van der Waals surface area contributed by atoms with Crippen LogP contribution in [0.1, 0.15) is 67.8 Å². The first-order valence-corrected chi connectivity index (χ1v) is 8.57. The van der Waals surface area contributed by atoms with Gasteiger partial charge in [-0.15, -0.1) is 11.3 Å². The molecule has 0 bridgehead atoms. The first-order valence-electron chi connectivity index (χ1n) is 7.76. The third-order valence-electron chi connectivity index (χ3n) is 4.77. The molecule has 1 nitrogen and oxygen atoms in total. The van der Waals surface area contributed by atoms with Crippen LogP contribution in [0.3, 0.4) is 0 Å².